The van der Waals surface area contributed by atoms with E-state index in [1.165, 1.54) is 40.9 Å². The number of ether oxygens (including phenoxy) is 1. The molecule has 1 aliphatic heterocycles. The van der Waals surface area contributed by atoms with Crippen molar-refractivity contribution in [2.75, 3.05) is 7.05 Å². The predicted molar refractivity (Wildman–Crippen MR) is 158 cm³/mol. The first-order chi connectivity index (χ1) is 17.6. The standard InChI is InChI=1S/C25H17I2N3O6S/c1-29-23(31)21(37-25(29)28-17-6-4-16(5-7-17)24(32)33)12-15-10-19(26)22(20(27)11-15)36-13-14-2-8-18(9-3-14)30(34)35/h2-12H,13H2,1H3,(H,32,33)/b21-12-,28-25?. The number of nitro benzene ring substituents is 1. The molecule has 9 nitrogen and oxygen atoms in total. The molecule has 0 atom stereocenters. The normalized spacial score (nSPS) is 15.4. The Morgan fingerprint density at radius 2 is 1.76 bits per heavy atom. The number of thioether (sulfide) groups is 1. The Bertz CT molecular complexity index is 1430. The van der Waals surface area contributed by atoms with Gasteiger partial charge in [0.2, 0.25) is 0 Å². The summed E-state index contributed by atoms with van der Waals surface area (Å²) in [6.07, 6.45) is 1.80. The van der Waals surface area contributed by atoms with E-state index < -0.39 is 10.9 Å². The number of aliphatic imine (C=N–C) groups is 1. The molecule has 0 bridgehead atoms. The lowest BCUT2D eigenvalue weighted by atomic mass is 10.2. The van der Waals surface area contributed by atoms with Crippen molar-refractivity contribution in [1.29, 1.82) is 0 Å². The Morgan fingerprint density at radius 1 is 1.14 bits per heavy atom. The highest BCUT2D eigenvalue weighted by molar-refractivity contribution is 14.1. The van der Waals surface area contributed by atoms with Crippen LogP contribution >= 0.6 is 56.9 Å². The molecule has 1 N–H and O–H groups in total. The van der Waals surface area contributed by atoms with Crippen molar-refractivity contribution >= 4 is 91.4 Å². The number of nitrogens with zero attached hydrogens (tertiary/aromatic N) is 3. The van der Waals surface area contributed by atoms with Gasteiger partial charge in [-0.2, -0.15) is 0 Å². The summed E-state index contributed by atoms with van der Waals surface area (Å²) in [6, 6.07) is 16.2. The van der Waals surface area contributed by atoms with Crippen LogP contribution in [0.5, 0.6) is 5.75 Å². The van der Waals surface area contributed by atoms with Gasteiger partial charge in [-0.1, -0.05) is 0 Å². The first-order valence-electron chi connectivity index (χ1n) is 10.6. The molecule has 0 radical (unpaired) electrons. The Hall–Kier alpha value is -2.98. The number of hydrogen-bond acceptors (Lipinski definition) is 7. The van der Waals surface area contributed by atoms with Crippen LogP contribution in [0.4, 0.5) is 11.4 Å². The zero-order chi connectivity index (χ0) is 26.7. The van der Waals surface area contributed by atoms with E-state index in [0.717, 1.165) is 18.3 Å². The number of amides is 1. The number of rotatable bonds is 7. The Labute approximate surface area is 243 Å². The number of carbonyl (C=O) groups is 2. The maximum atomic E-state index is 12.8. The molecule has 0 spiro atoms. The summed E-state index contributed by atoms with van der Waals surface area (Å²) in [4.78, 5) is 40.7. The van der Waals surface area contributed by atoms with Crippen molar-refractivity contribution in [1.82, 2.24) is 4.90 Å². The molecule has 3 aromatic carbocycles. The zero-order valence-electron chi connectivity index (χ0n) is 19.1. The zero-order valence-corrected chi connectivity index (χ0v) is 24.2. The highest BCUT2D eigenvalue weighted by atomic mass is 127. The fraction of sp³-hybridized carbons (Fsp3) is 0.0800. The van der Waals surface area contributed by atoms with Gasteiger partial charge in [0.15, 0.2) is 5.17 Å². The first-order valence-corrected chi connectivity index (χ1v) is 13.5. The van der Waals surface area contributed by atoms with Crippen LogP contribution < -0.4 is 4.74 Å². The van der Waals surface area contributed by atoms with Crippen LogP contribution in [0, 0.1) is 17.3 Å². The van der Waals surface area contributed by atoms with E-state index in [2.05, 4.69) is 50.2 Å². The molecule has 1 saturated heterocycles. The van der Waals surface area contributed by atoms with Gasteiger partial charge < -0.3 is 9.84 Å². The number of carboxylic acid groups (broad SMARTS) is 1. The Kier molecular flexibility index (Phi) is 8.49. The molecule has 1 amide bonds. The maximum Gasteiger partial charge on any atom is 0.335 e. The number of halogens is 2. The number of aromatic carboxylic acids is 1. The highest BCUT2D eigenvalue weighted by Gasteiger charge is 2.30. The van der Waals surface area contributed by atoms with Crippen LogP contribution in [-0.4, -0.2) is 39.0 Å². The summed E-state index contributed by atoms with van der Waals surface area (Å²) in [5.74, 6) is -0.510. The molecule has 0 aromatic heterocycles. The quantitative estimate of drug-likeness (QED) is 0.130. The third kappa shape index (κ3) is 6.48. The highest BCUT2D eigenvalue weighted by Crippen LogP contribution is 2.35. The van der Waals surface area contributed by atoms with Crippen LogP contribution in [-0.2, 0) is 11.4 Å². The number of non-ortho nitro benzene ring substituents is 1. The van der Waals surface area contributed by atoms with Crippen molar-refractivity contribution in [3.8, 4) is 5.75 Å². The Balaban J connectivity index is 1.49. The summed E-state index contributed by atoms with van der Waals surface area (Å²) in [5.41, 5.74) is 2.38. The molecule has 3 aromatic rings. The van der Waals surface area contributed by atoms with Gasteiger partial charge in [0, 0.05) is 19.2 Å². The van der Waals surface area contributed by atoms with Crippen molar-refractivity contribution < 1.29 is 24.4 Å². The minimum Gasteiger partial charge on any atom is -0.487 e. The molecule has 4 rings (SSSR count). The topological polar surface area (TPSA) is 122 Å². The van der Waals surface area contributed by atoms with E-state index in [9.17, 15) is 19.7 Å². The molecular formula is C25H17I2N3O6S. The van der Waals surface area contributed by atoms with Crippen molar-refractivity contribution in [2.45, 2.75) is 6.61 Å². The van der Waals surface area contributed by atoms with E-state index in [1.807, 2.05) is 12.1 Å². The molecular weight excluding hydrogens is 724 g/mol. The molecule has 0 saturated carbocycles. The fourth-order valence-electron chi connectivity index (χ4n) is 3.26. The lowest BCUT2D eigenvalue weighted by Crippen LogP contribution is -2.23. The van der Waals surface area contributed by atoms with Crippen molar-refractivity contribution in [3.63, 3.8) is 0 Å². The second-order valence-corrected chi connectivity index (χ2v) is 11.1. The Morgan fingerprint density at radius 3 is 2.32 bits per heavy atom. The molecule has 37 heavy (non-hydrogen) atoms. The molecule has 12 heteroatoms. The molecule has 1 heterocycles. The number of carboxylic acids is 1. The number of hydrogen-bond donors (Lipinski definition) is 1. The van der Waals surface area contributed by atoms with Crippen LogP contribution in [0.1, 0.15) is 21.5 Å². The predicted octanol–water partition coefficient (Wildman–Crippen LogP) is 6.32. The fourth-order valence-corrected chi connectivity index (χ4v) is 6.38. The average molecular weight is 741 g/mol. The minimum absolute atomic E-state index is 0.0274. The minimum atomic E-state index is -1.01. The molecule has 188 valence electrons. The second kappa shape index (κ2) is 11.6. The van der Waals surface area contributed by atoms with Crippen molar-refractivity contribution in [3.05, 3.63) is 99.5 Å². The first kappa shape index (κ1) is 27.1. The van der Waals surface area contributed by atoms with Gasteiger partial charge in [-0.05, 0) is 123 Å². The van der Waals surface area contributed by atoms with Crippen LogP contribution in [0.15, 0.2) is 70.6 Å². The number of nitro groups is 1. The van der Waals surface area contributed by atoms with Gasteiger partial charge in [0.1, 0.15) is 12.4 Å². The van der Waals surface area contributed by atoms with Gasteiger partial charge in [-0.15, -0.1) is 0 Å². The number of amidine groups is 1. The van der Waals surface area contributed by atoms with E-state index in [-0.39, 0.29) is 23.8 Å². The summed E-state index contributed by atoms with van der Waals surface area (Å²) < 4.78 is 7.69. The van der Waals surface area contributed by atoms with Gasteiger partial charge in [0.05, 0.1) is 28.2 Å². The van der Waals surface area contributed by atoms with Gasteiger partial charge in [-0.25, -0.2) is 9.79 Å². The van der Waals surface area contributed by atoms with Gasteiger partial charge in [0.25, 0.3) is 11.6 Å². The monoisotopic (exact) mass is 741 g/mol. The van der Waals surface area contributed by atoms with Gasteiger partial charge in [-0.3, -0.25) is 19.8 Å². The van der Waals surface area contributed by atoms with Gasteiger partial charge >= 0.3 is 5.97 Å². The third-order valence-electron chi connectivity index (χ3n) is 5.19. The smallest absolute Gasteiger partial charge is 0.335 e. The van der Waals surface area contributed by atoms with Crippen LogP contribution in [0.3, 0.4) is 0 Å². The molecule has 1 aliphatic rings. The largest absolute Gasteiger partial charge is 0.487 e. The van der Waals surface area contributed by atoms with Crippen LogP contribution in [0.2, 0.25) is 0 Å². The maximum absolute atomic E-state index is 12.8. The van der Waals surface area contributed by atoms with E-state index in [4.69, 9.17) is 9.84 Å². The summed E-state index contributed by atoms with van der Waals surface area (Å²) in [6.45, 7) is 0.261. The second-order valence-electron chi connectivity index (χ2n) is 7.75. The summed E-state index contributed by atoms with van der Waals surface area (Å²) >= 11 is 5.59. The third-order valence-corrected chi connectivity index (χ3v) is 7.85. The number of likely N-dealkylation sites (N-methyl/N-ethyl adjacent to an activating group) is 1. The summed E-state index contributed by atoms with van der Waals surface area (Å²) in [7, 11) is 1.64. The molecule has 0 unspecified atom stereocenters. The van der Waals surface area contributed by atoms with Crippen LogP contribution in [0.25, 0.3) is 6.08 Å². The van der Waals surface area contributed by atoms with E-state index in [1.54, 1.807) is 37.4 Å². The summed E-state index contributed by atoms with van der Waals surface area (Å²) in [5, 5.41) is 20.4. The molecule has 1 fully saturated rings. The van der Waals surface area contributed by atoms with E-state index in [0.29, 0.717) is 21.5 Å². The number of carbonyl (C=O) groups excluding carboxylic acids is 1. The SMILES string of the molecule is CN1C(=O)/C(=C/c2cc(I)c(OCc3ccc([N+](=O)[O-])cc3)c(I)c2)SC1=Nc1ccc(C(=O)O)cc1. The molecule has 0 aliphatic carbocycles. The average Bonchev–Trinajstić information content (AvgIpc) is 3.11. The number of benzene rings is 3. The lowest BCUT2D eigenvalue weighted by molar-refractivity contribution is -0.384. The van der Waals surface area contributed by atoms with Crippen molar-refractivity contribution in [2.24, 2.45) is 4.99 Å². The van der Waals surface area contributed by atoms with E-state index >= 15 is 0 Å². The lowest BCUT2D eigenvalue weighted by Gasteiger charge is -2.12.